The van der Waals surface area contributed by atoms with Gasteiger partial charge in [0.1, 0.15) is 0 Å². The summed E-state index contributed by atoms with van der Waals surface area (Å²) in [7, 11) is 0. The summed E-state index contributed by atoms with van der Waals surface area (Å²) in [6.07, 6.45) is 0.908. The average molecular weight is 240 g/mol. The maximum absolute atomic E-state index is 11.5. The normalized spacial score (nSPS) is 12.8. The Bertz CT molecular complexity index is 309. The summed E-state index contributed by atoms with van der Waals surface area (Å²) in [6.45, 7) is 6.49. The average Bonchev–Trinajstić information content (AvgIpc) is 2.67. The van der Waals surface area contributed by atoms with E-state index in [0.717, 1.165) is 6.42 Å². The van der Waals surface area contributed by atoms with Gasteiger partial charge in [0.25, 0.3) is 0 Å². The number of nitrogens with one attached hydrogen (secondary N) is 2. The van der Waals surface area contributed by atoms with Crippen LogP contribution in [-0.4, -0.2) is 24.5 Å². The van der Waals surface area contributed by atoms with E-state index in [0.29, 0.717) is 12.6 Å². The SMILES string of the molecule is CC(C)NCC(=O)NC(C)Cc1cccs1. The molecule has 0 fully saturated rings. The Balaban J connectivity index is 2.23. The van der Waals surface area contributed by atoms with Gasteiger partial charge in [-0.15, -0.1) is 11.3 Å². The molecule has 16 heavy (non-hydrogen) atoms. The van der Waals surface area contributed by atoms with Gasteiger partial charge in [0.05, 0.1) is 6.54 Å². The molecule has 1 unspecified atom stereocenters. The second-order valence-corrected chi connectivity index (χ2v) is 5.32. The molecule has 1 aromatic rings. The highest BCUT2D eigenvalue weighted by Crippen LogP contribution is 2.10. The van der Waals surface area contributed by atoms with Crippen LogP contribution in [-0.2, 0) is 11.2 Å². The highest BCUT2D eigenvalue weighted by molar-refractivity contribution is 7.09. The van der Waals surface area contributed by atoms with Gasteiger partial charge >= 0.3 is 0 Å². The smallest absolute Gasteiger partial charge is 0.234 e. The molecule has 1 amide bonds. The summed E-state index contributed by atoms with van der Waals surface area (Å²) in [5.74, 6) is 0.0674. The Morgan fingerprint density at radius 2 is 2.19 bits per heavy atom. The minimum atomic E-state index is 0.0674. The molecule has 1 aromatic heterocycles. The summed E-state index contributed by atoms with van der Waals surface area (Å²) in [5, 5.41) is 8.14. The van der Waals surface area contributed by atoms with Crippen molar-refractivity contribution in [1.29, 1.82) is 0 Å². The first kappa shape index (κ1) is 13.2. The highest BCUT2D eigenvalue weighted by Gasteiger charge is 2.08. The Morgan fingerprint density at radius 3 is 2.75 bits per heavy atom. The zero-order valence-electron chi connectivity index (χ0n) is 10.1. The molecular formula is C12H20N2OS. The molecule has 1 atom stereocenters. The molecule has 0 spiro atoms. The van der Waals surface area contributed by atoms with Gasteiger partial charge in [0, 0.05) is 23.4 Å². The van der Waals surface area contributed by atoms with Crippen molar-refractivity contribution >= 4 is 17.2 Å². The summed E-state index contributed by atoms with van der Waals surface area (Å²) in [5.41, 5.74) is 0. The number of thiophene rings is 1. The van der Waals surface area contributed by atoms with Crippen LogP contribution >= 0.6 is 11.3 Å². The molecule has 0 saturated heterocycles. The van der Waals surface area contributed by atoms with E-state index < -0.39 is 0 Å². The summed E-state index contributed by atoms with van der Waals surface area (Å²) in [4.78, 5) is 12.8. The van der Waals surface area contributed by atoms with Gasteiger partial charge in [0.15, 0.2) is 0 Å². The second-order valence-electron chi connectivity index (χ2n) is 4.29. The van der Waals surface area contributed by atoms with Crippen LogP contribution in [0, 0.1) is 0 Å². The third-order valence-corrected chi connectivity index (χ3v) is 3.06. The molecule has 0 bridgehead atoms. The van der Waals surface area contributed by atoms with Crippen molar-refractivity contribution in [3.63, 3.8) is 0 Å². The minimum Gasteiger partial charge on any atom is -0.352 e. The lowest BCUT2D eigenvalue weighted by Gasteiger charge is -2.14. The van der Waals surface area contributed by atoms with Gasteiger partial charge in [-0.25, -0.2) is 0 Å². The molecule has 0 aromatic carbocycles. The quantitative estimate of drug-likeness (QED) is 0.796. The first-order chi connectivity index (χ1) is 7.58. The van der Waals surface area contributed by atoms with Crippen molar-refractivity contribution in [2.45, 2.75) is 39.3 Å². The fourth-order valence-corrected chi connectivity index (χ4v) is 2.24. The summed E-state index contributed by atoms with van der Waals surface area (Å²) >= 11 is 1.73. The van der Waals surface area contributed by atoms with E-state index in [-0.39, 0.29) is 11.9 Å². The predicted molar refractivity (Wildman–Crippen MR) is 68.8 cm³/mol. The molecule has 0 aliphatic heterocycles. The van der Waals surface area contributed by atoms with Crippen LogP contribution in [0.4, 0.5) is 0 Å². The van der Waals surface area contributed by atoms with Crippen molar-refractivity contribution in [2.24, 2.45) is 0 Å². The molecule has 1 heterocycles. The van der Waals surface area contributed by atoms with E-state index in [1.54, 1.807) is 11.3 Å². The number of hydrogen-bond donors (Lipinski definition) is 2. The topological polar surface area (TPSA) is 41.1 Å². The molecule has 4 heteroatoms. The van der Waals surface area contributed by atoms with Crippen LogP contribution in [0.25, 0.3) is 0 Å². The molecule has 0 aliphatic carbocycles. The fourth-order valence-electron chi connectivity index (χ4n) is 1.40. The molecular weight excluding hydrogens is 220 g/mol. The summed E-state index contributed by atoms with van der Waals surface area (Å²) < 4.78 is 0. The third kappa shape index (κ3) is 5.28. The van der Waals surface area contributed by atoms with Crippen molar-refractivity contribution in [2.75, 3.05) is 6.54 Å². The molecule has 0 saturated carbocycles. The first-order valence-electron chi connectivity index (χ1n) is 5.63. The van der Waals surface area contributed by atoms with E-state index >= 15 is 0 Å². The second kappa shape index (κ2) is 6.66. The van der Waals surface area contributed by atoms with Gasteiger partial charge in [-0.1, -0.05) is 19.9 Å². The highest BCUT2D eigenvalue weighted by atomic mass is 32.1. The first-order valence-corrected chi connectivity index (χ1v) is 6.51. The molecule has 1 rings (SSSR count). The van der Waals surface area contributed by atoms with Crippen molar-refractivity contribution in [3.8, 4) is 0 Å². The Morgan fingerprint density at radius 1 is 1.44 bits per heavy atom. The fraction of sp³-hybridized carbons (Fsp3) is 0.583. The van der Waals surface area contributed by atoms with Gasteiger partial charge < -0.3 is 10.6 Å². The molecule has 90 valence electrons. The van der Waals surface area contributed by atoms with Crippen molar-refractivity contribution < 1.29 is 4.79 Å². The summed E-state index contributed by atoms with van der Waals surface area (Å²) in [6, 6.07) is 4.67. The Hall–Kier alpha value is -0.870. The number of hydrogen-bond acceptors (Lipinski definition) is 3. The van der Waals surface area contributed by atoms with Crippen LogP contribution in [0.1, 0.15) is 25.6 Å². The van der Waals surface area contributed by atoms with E-state index in [4.69, 9.17) is 0 Å². The predicted octanol–water partition coefficient (Wildman–Crippen LogP) is 1.79. The van der Waals surface area contributed by atoms with Gasteiger partial charge in [-0.2, -0.15) is 0 Å². The van der Waals surface area contributed by atoms with Crippen LogP contribution < -0.4 is 10.6 Å². The van der Waals surface area contributed by atoms with Crippen LogP contribution in [0.5, 0.6) is 0 Å². The zero-order chi connectivity index (χ0) is 12.0. The van der Waals surface area contributed by atoms with E-state index in [1.165, 1.54) is 4.88 Å². The van der Waals surface area contributed by atoms with E-state index in [9.17, 15) is 4.79 Å². The molecule has 0 radical (unpaired) electrons. The molecule has 2 N–H and O–H groups in total. The minimum absolute atomic E-state index is 0.0674. The van der Waals surface area contributed by atoms with Crippen molar-refractivity contribution in [1.82, 2.24) is 10.6 Å². The molecule has 0 aliphatic rings. The monoisotopic (exact) mass is 240 g/mol. The largest absolute Gasteiger partial charge is 0.352 e. The van der Waals surface area contributed by atoms with Gasteiger partial charge in [-0.05, 0) is 18.4 Å². The lowest BCUT2D eigenvalue weighted by molar-refractivity contribution is -0.120. The number of amides is 1. The molecule has 3 nitrogen and oxygen atoms in total. The Labute approximate surface area is 101 Å². The van der Waals surface area contributed by atoms with Crippen LogP contribution in [0.2, 0.25) is 0 Å². The van der Waals surface area contributed by atoms with E-state index in [1.807, 2.05) is 26.8 Å². The van der Waals surface area contributed by atoms with E-state index in [2.05, 4.69) is 22.1 Å². The number of carbonyl (C=O) groups excluding carboxylic acids is 1. The lowest BCUT2D eigenvalue weighted by atomic mass is 10.2. The lowest BCUT2D eigenvalue weighted by Crippen LogP contribution is -2.41. The van der Waals surface area contributed by atoms with Crippen LogP contribution in [0.15, 0.2) is 17.5 Å². The van der Waals surface area contributed by atoms with Crippen molar-refractivity contribution in [3.05, 3.63) is 22.4 Å². The third-order valence-electron chi connectivity index (χ3n) is 2.17. The zero-order valence-corrected chi connectivity index (χ0v) is 10.9. The standard InChI is InChI=1S/C12H20N2OS/c1-9(2)13-8-12(15)14-10(3)7-11-5-4-6-16-11/h4-6,9-10,13H,7-8H2,1-3H3,(H,14,15). The maximum Gasteiger partial charge on any atom is 0.234 e. The Kier molecular flexibility index (Phi) is 5.49. The number of carbonyl (C=O) groups is 1. The maximum atomic E-state index is 11.5. The van der Waals surface area contributed by atoms with Gasteiger partial charge in [-0.3, -0.25) is 4.79 Å². The number of rotatable bonds is 6. The van der Waals surface area contributed by atoms with Gasteiger partial charge in [0.2, 0.25) is 5.91 Å². The van der Waals surface area contributed by atoms with Crippen LogP contribution in [0.3, 0.4) is 0 Å².